The molecule has 10 rings (SSSR count). The van der Waals surface area contributed by atoms with Crippen molar-refractivity contribution in [1.29, 1.82) is 0 Å². The van der Waals surface area contributed by atoms with Crippen LogP contribution in [0, 0.1) is 0 Å². The van der Waals surface area contributed by atoms with E-state index in [0.29, 0.717) is 0 Å². The quantitative estimate of drug-likeness (QED) is 0.204. The number of aromatic nitrogens is 1. The summed E-state index contributed by atoms with van der Waals surface area (Å²) in [6.45, 7) is 0. The first kappa shape index (κ1) is 23.2. The van der Waals surface area contributed by atoms with Crippen LogP contribution in [0.1, 0.15) is 0 Å². The third-order valence-electron chi connectivity index (χ3n) is 8.96. The lowest BCUT2D eigenvalue weighted by Crippen LogP contribution is -1.95. The summed E-state index contributed by atoms with van der Waals surface area (Å²) in [4.78, 5) is 0. The topological polar surface area (TPSA) is 18.1 Å². The van der Waals surface area contributed by atoms with E-state index in [4.69, 9.17) is 4.42 Å². The Kier molecular flexibility index (Phi) is 4.63. The number of rotatable bonds is 2. The van der Waals surface area contributed by atoms with Gasteiger partial charge >= 0.3 is 0 Å². The highest BCUT2D eigenvalue weighted by Crippen LogP contribution is 2.44. The van der Waals surface area contributed by atoms with E-state index < -0.39 is 0 Å². The third-order valence-corrected chi connectivity index (χ3v) is 10.1. The molecular weight excluding hydrogens is 543 g/mol. The molecule has 0 unspecified atom stereocenters. The fourth-order valence-electron chi connectivity index (χ4n) is 7.06. The fraction of sp³-hybridized carbons (Fsp3) is 0. The van der Waals surface area contributed by atoms with Gasteiger partial charge in [0.05, 0.1) is 11.0 Å². The molecule has 0 amide bonds. The van der Waals surface area contributed by atoms with Crippen molar-refractivity contribution in [3.05, 3.63) is 140 Å². The molecule has 7 aromatic carbocycles. The van der Waals surface area contributed by atoms with Gasteiger partial charge in [0.2, 0.25) is 0 Å². The van der Waals surface area contributed by atoms with Crippen molar-refractivity contribution in [2.75, 3.05) is 0 Å². The number of para-hydroxylation sites is 1. The van der Waals surface area contributed by atoms with Crippen LogP contribution < -0.4 is 0 Å². The van der Waals surface area contributed by atoms with E-state index in [0.717, 1.165) is 33.4 Å². The number of benzene rings is 7. The summed E-state index contributed by atoms with van der Waals surface area (Å²) in [6.07, 6.45) is 0. The minimum absolute atomic E-state index is 0.914. The van der Waals surface area contributed by atoms with E-state index in [1.807, 2.05) is 11.3 Å². The SMILES string of the molecule is c1ccc(-c2cc(-n3c4ccccc4c4cc5c(cc43)sc3ccccc35)cc3c2oc2ccc4ccccc4c23)cc1. The average molecular weight is 566 g/mol. The molecule has 0 radical (unpaired) electrons. The second-order valence-electron chi connectivity index (χ2n) is 11.3. The second-order valence-corrected chi connectivity index (χ2v) is 12.4. The third kappa shape index (κ3) is 3.23. The molecule has 0 atom stereocenters. The van der Waals surface area contributed by atoms with Crippen molar-refractivity contribution in [3.8, 4) is 16.8 Å². The Labute approximate surface area is 250 Å². The van der Waals surface area contributed by atoms with Crippen LogP contribution in [-0.2, 0) is 0 Å². The van der Waals surface area contributed by atoms with Crippen molar-refractivity contribution in [2.24, 2.45) is 0 Å². The van der Waals surface area contributed by atoms with E-state index in [2.05, 4.69) is 144 Å². The molecule has 200 valence electrons. The van der Waals surface area contributed by atoms with Gasteiger partial charge in [0.15, 0.2) is 0 Å². The van der Waals surface area contributed by atoms with Crippen molar-refractivity contribution in [1.82, 2.24) is 4.57 Å². The molecule has 43 heavy (non-hydrogen) atoms. The van der Waals surface area contributed by atoms with Crippen LogP contribution in [0.15, 0.2) is 144 Å². The molecule has 0 aliphatic rings. The lowest BCUT2D eigenvalue weighted by atomic mass is 9.99. The first-order chi connectivity index (χ1) is 21.3. The minimum atomic E-state index is 0.914. The highest BCUT2D eigenvalue weighted by atomic mass is 32.1. The Morgan fingerprint density at radius 3 is 2.16 bits per heavy atom. The predicted molar refractivity (Wildman–Crippen MR) is 184 cm³/mol. The summed E-state index contributed by atoms with van der Waals surface area (Å²) in [7, 11) is 0. The van der Waals surface area contributed by atoms with Crippen LogP contribution in [0.3, 0.4) is 0 Å². The van der Waals surface area contributed by atoms with Crippen molar-refractivity contribution >= 4 is 86.0 Å². The van der Waals surface area contributed by atoms with Crippen molar-refractivity contribution in [2.45, 2.75) is 0 Å². The zero-order valence-electron chi connectivity index (χ0n) is 23.0. The summed E-state index contributed by atoms with van der Waals surface area (Å²) in [6, 6.07) is 50.5. The Morgan fingerprint density at radius 1 is 0.488 bits per heavy atom. The molecule has 0 spiro atoms. The maximum Gasteiger partial charge on any atom is 0.143 e. The van der Waals surface area contributed by atoms with Gasteiger partial charge < -0.3 is 8.98 Å². The first-order valence-electron chi connectivity index (χ1n) is 14.6. The number of hydrogen-bond acceptors (Lipinski definition) is 2. The predicted octanol–water partition coefficient (Wildman–Crippen LogP) is 11.9. The molecule has 0 aliphatic heterocycles. The normalized spacial score (nSPS) is 12.2. The molecule has 0 bridgehead atoms. The summed E-state index contributed by atoms with van der Waals surface area (Å²) in [5.74, 6) is 0. The van der Waals surface area contributed by atoms with E-state index in [-0.39, 0.29) is 0 Å². The molecule has 0 aliphatic carbocycles. The first-order valence-corrected chi connectivity index (χ1v) is 15.4. The molecule has 0 fully saturated rings. The number of nitrogens with zero attached hydrogens (tertiary/aromatic N) is 1. The Hall–Kier alpha value is -5.38. The minimum Gasteiger partial charge on any atom is -0.455 e. The Bertz CT molecular complexity index is 2720. The van der Waals surface area contributed by atoms with Crippen LogP contribution in [0.2, 0.25) is 0 Å². The summed E-state index contributed by atoms with van der Waals surface area (Å²) in [5, 5.41) is 9.91. The molecule has 3 heterocycles. The number of fused-ring (bicyclic) bond motifs is 11. The summed E-state index contributed by atoms with van der Waals surface area (Å²) in [5.41, 5.74) is 7.64. The standard InChI is InChI=1S/C40H23NOS/c1-2-10-24(11-3-1)30-20-26(21-33-39-27-13-5-4-12-25(27)18-19-36(39)42-40(30)33)41-34-16-8-6-14-28(34)31-22-32-29-15-7-9-17-37(29)43-38(32)23-35(31)41/h1-23H. The number of thiophene rings is 1. The smallest absolute Gasteiger partial charge is 0.143 e. The zero-order valence-corrected chi connectivity index (χ0v) is 23.9. The lowest BCUT2D eigenvalue weighted by Gasteiger charge is -2.12. The molecule has 0 N–H and O–H groups in total. The van der Waals surface area contributed by atoms with Crippen molar-refractivity contribution < 1.29 is 4.42 Å². The maximum atomic E-state index is 6.68. The van der Waals surface area contributed by atoms with E-state index in [1.165, 1.54) is 58.1 Å². The van der Waals surface area contributed by atoms with E-state index in [9.17, 15) is 0 Å². The Morgan fingerprint density at radius 2 is 1.26 bits per heavy atom. The fourth-order valence-corrected chi connectivity index (χ4v) is 8.18. The highest BCUT2D eigenvalue weighted by Gasteiger charge is 2.20. The lowest BCUT2D eigenvalue weighted by molar-refractivity contribution is 0.670. The van der Waals surface area contributed by atoms with Crippen LogP contribution >= 0.6 is 11.3 Å². The van der Waals surface area contributed by atoms with Gasteiger partial charge in [0, 0.05) is 53.0 Å². The molecule has 3 aromatic heterocycles. The average Bonchev–Trinajstić information content (AvgIpc) is 3.73. The van der Waals surface area contributed by atoms with Gasteiger partial charge in [-0.05, 0) is 58.8 Å². The summed E-state index contributed by atoms with van der Waals surface area (Å²) < 4.78 is 11.8. The van der Waals surface area contributed by atoms with Gasteiger partial charge in [-0.1, -0.05) is 97.1 Å². The van der Waals surface area contributed by atoms with Gasteiger partial charge in [0.1, 0.15) is 11.2 Å². The number of hydrogen-bond donors (Lipinski definition) is 0. The van der Waals surface area contributed by atoms with Crippen LogP contribution in [0.4, 0.5) is 0 Å². The Balaban J connectivity index is 1.38. The van der Waals surface area contributed by atoms with Crippen LogP contribution in [0.5, 0.6) is 0 Å². The van der Waals surface area contributed by atoms with Gasteiger partial charge in [-0.25, -0.2) is 0 Å². The molecule has 3 heteroatoms. The van der Waals surface area contributed by atoms with Gasteiger partial charge in [-0.2, -0.15) is 0 Å². The van der Waals surface area contributed by atoms with Gasteiger partial charge in [0.25, 0.3) is 0 Å². The van der Waals surface area contributed by atoms with E-state index in [1.54, 1.807) is 0 Å². The molecule has 2 nitrogen and oxygen atoms in total. The maximum absolute atomic E-state index is 6.68. The largest absolute Gasteiger partial charge is 0.455 e. The van der Waals surface area contributed by atoms with Crippen LogP contribution in [0.25, 0.3) is 91.5 Å². The zero-order chi connectivity index (χ0) is 28.1. The highest BCUT2D eigenvalue weighted by molar-refractivity contribution is 7.25. The summed E-state index contributed by atoms with van der Waals surface area (Å²) >= 11 is 1.87. The molecule has 0 saturated carbocycles. The van der Waals surface area contributed by atoms with Crippen LogP contribution in [-0.4, -0.2) is 4.57 Å². The second kappa shape index (κ2) is 8.57. The van der Waals surface area contributed by atoms with Gasteiger partial charge in [-0.3, -0.25) is 0 Å². The molecule has 0 saturated heterocycles. The van der Waals surface area contributed by atoms with Gasteiger partial charge in [-0.15, -0.1) is 11.3 Å². The molecular formula is C40H23NOS. The monoisotopic (exact) mass is 565 g/mol. The van der Waals surface area contributed by atoms with Crippen molar-refractivity contribution in [3.63, 3.8) is 0 Å². The molecule has 10 aromatic rings. The van der Waals surface area contributed by atoms with E-state index >= 15 is 0 Å². The number of furan rings is 1.